The van der Waals surface area contributed by atoms with Crippen molar-refractivity contribution in [2.45, 2.75) is 17.7 Å². The molecule has 0 aliphatic heterocycles. The van der Waals surface area contributed by atoms with Gasteiger partial charge in [0.25, 0.3) is 0 Å². The first-order valence-electron chi connectivity index (χ1n) is 8.86. The molecule has 0 saturated heterocycles. The maximum atomic E-state index is 5.33. The molecule has 0 fully saturated rings. The molecule has 0 bridgehead atoms. The summed E-state index contributed by atoms with van der Waals surface area (Å²) in [5.74, 6) is 2.32. The third kappa shape index (κ3) is 4.60. The minimum Gasteiger partial charge on any atom is -0.497 e. The van der Waals surface area contributed by atoms with Crippen molar-refractivity contribution in [3.8, 4) is 32.0 Å². The van der Waals surface area contributed by atoms with Gasteiger partial charge in [0.05, 0.1) is 29.7 Å². The molecule has 4 aromatic rings. The maximum absolute atomic E-state index is 5.33. The fourth-order valence-corrected chi connectivity index (χ4v) is 5.34. The van der Waals surface area contributed by atoms with Gasteiger partial charge in [-0.05, 0) is 48.2 Å². The van der Waals surface area contributed by atoms with Gasteiger partial charge >= 0.3 is 0 Å². The van der Waals surface area contributed by atoms with E-state index in [1.54, 1.807) is 48.7 Å². The number of benzene rings is 1. The van der Waals surface area contributed by atoms with E-state index in [1.165, 1.54) is 4.88 Å². The molecule has 0 aliphatic rings. The van der Waals surface area contributed by atoms with E-state index < -0.39 is 0 Å². The van der Waals surface area contributed by atoms with Crippen LogP contribution in [-0.2, 0) is 5.75 Å². The van der Waals surface area contributed by atoms with Crippen LogP contribution in [0.3, 0.4) is 0 Å². The van der Waals surface area contributed by atoms with Gasteiger partial charge < -0.3 is 9.47 Å². The number of aryl methyl sites for hydroxylation is 1. The second-order valence-electron chi connectivity index (χ2n) is 6.18. The highest BCUT2D eigenvalue weighted by molar-refractivity contribution is 7.98. The van der Waals surface area contributed by atoms with Crippen molar-refractivity contribution in [1.29, 1.82) is 0 Å². The molecule has 0 atom stereocenters. The van der Waals surface area contributed by atoms with Gasteiger partial charge in [-0.15, -0.1) is 32.9 Å². The molecule has 0 saturated carbocycles. The van der Waals surface area contributed by atoms with Gasteiger partial charge in [-0.25, -0.2) is 4.98 Å². The normalized spacial score (nSPS) is 10.9. The highest BCUT2D eigenvalue weighted by Gasteiger charge is 2.13. The van der Waals surface area contributed by atoms with Gasteiger partial charge in [-0.2, -0.15) is 0 Å². The Balaban J connectivity index is 1.48. The molecule has 0 aliphatic carbocycles. The third-order valence-electron chi connectivity index (χ3n) is 4.20. The standard InChI is InChI=1S/C21H19N3O2S3/c1-13-20(29-21(22-13)18-5-4-8-27-18)17-6-7-19(24-23-17)28-12-14-9-15(25-2)11-16(10-14)26-3/h4-11H,12H2,1-3H3. The Labute approximate surface area is 181 Å². The fourth-order valence-electron chi connectivity index (χ4n) is 2.76. The number of nitrogens with zero attached hydrogens (tertiary/aromatic N) is 3. The molecule has 29 heavy (non-hydrogen) atoms. The first-order valence-corrected chi connectivity index (χ1v) is 11.5. The Morgan fingerprint density at radius 1 is 1.00 bits per heavy atom. The van der Waals surface area contributed by atoms with E-state index in [0.29, 0.717) is 0 Å². The van der Waals surface area contributed by atoms with Crippen molar-refractivity contribution in [1.82, 2.24) is 15.2 Å². The fraction of sp³-hybridized carbons (Fsp3) is 0.190. The number of hydrogen-bond acceptors (Lipinski definition) is 8. The van der Waals surface area contributed by atoms with Crippen molar-refractivity contribution in [2.75, 3.05) is 14.2 Å². The van der Waals surface area contributed by atoms with E-state index in [-0.39, 0.29) is 0 Å². The van der Waals surface area contributed by atoms with Crippen molar-refractivity contribution in [3.05, 3.63) is 59.1 Å². The van der Waals surface area contributed by atoms with Crippen molar-refractivity contribution in [3.63, 3.8) is 0 Å². The summed E-state index contributed by atoms with van der Waals surface area (Å²) in [4.78, 5) is 6.94. The second kappa shape index (κ2) is 8.94. The van der Waals surface area contributed by atoms with E-state index in [1.807, 2.05) is 43.3 Å². The zero-order chi connectivity index (χ0) is 20.2. The smallest absolute Gasteiger partial charge is 0.134 e. The van der Waals surface area contributed by atoms with Crippen LogP contribution < -0.4 is 9.47 Å². The molecule has 0 N–H and O–H groups in total. The molecule has 5 nitrogen and oxygen atoms in total. The topological polar surface area (TPSA) is 57.1 Å². The molecular weight excluding hydrogens is 422 g/mol. The van der Waals surface area contributed by atoms with E-state index in [0.717, 1.165) is 49.1 Å². The van der Waals surface area contributed by atoms with Crippen LogP contribution in [0.2, 0.25) is 0 Å². The van der Waals surface area contributed by atoms with Crippen molar-refractivity contribution >= 4 is 34.4 Å². The Bertz CT molecular complexity index is 1070. The second-order valence-corrected chi connectivity index (χ2v) is 9.12. The first-order chi connectivity index (χ1) is 14.2. The van der Waals surface area contributed by atoms with Gasteiger partial charge in [0.15, 0.2) is 0 Å². The van der Waals surface area contributed by atoms with Gasteiger partial charge in [-0.1, -0.05) is 17.8 Å². The minimum atomic E-state index is 0.754. The molecule has 148 valence electrons. The van der Waals surface area contributed by atoms with E-state index in [4.69, 9.17) is 14.5 Å². The molecule has 0 radical (unpaired) electrons. The molecule has 1 aromatic carbocycles. The molecule has 3 heterocycles. The number of rotatable bonds is 7. The lowest BCUT2D eigenvalue weighted by molar-refractivity contribution is 0.393. The molecule has 0 unspecified atom stereocenters. The minimum absolute atomic E-state index is 0.754. The maximum Gasteiger partial charge on any atom is 0.134 e. The van der Waals surface area contributed by atoms with Crippen LogP contribution in [0.4, 0.5) is 0 Å². The molecule has 8 heteroatoms. The van der Waals surface area contributed by atoms with E-state index >= 15 is 0 Å². The summed E-state index contributed by atoms with van der Waals surface area (Å²) >= 11 is 4.98. The predicted octanol–water partition coefficient (Wildman–Crippen LogP) is 5.95. The third-order valence-corrected chi connectivity index (χ3v) is 7.41. The average Bonchev–Trinajstić information content (AvgIpc) is 3.42. The highest BCUT2D eigenvalue weighted by atomic mass is 32.2. The monoisotopic (exact) mass is 441 g/mol. The number of thiazole rings is 1. The van der Waals surface area contributed by atoms with Crippen LogP contribution in [0.15, 0.2) is 52.9 Å². The molecule has 3 aromatic heterocycles. The molecular formula is C21H19N3O2S3. The summed E-state index contributed by atoms with van der Waals surface area (Å²) in [6.45, 7) is 2.02. The predicted molar refractivity (Wildman–Crippen MR) is 120 cm³/mol. The lowest BCUT2D eigenvalue weighted by Gasteiger charge is -2.08. The Morgan fingerprint density at radius 2 is 1.79 bits per heavy atom. The summed E-state index contributed by atoms with van der Waals surface area (Å²) < 4.78 is 10.7. The average molecular weight is 442 g/mol. The summed E-state index contributed by atoms with van der Waals surface area (Å²) in [7, 11) is 3.31. The number of thioether (sulfide) groups is 1. The van der Waals surface area contributed by atoms with Gasteiger partial charge in [0, 0.05) is 11.8 Å². The number of hydrogen-bond donors (Lipinski definition) is 0. The molecule has 0 spiro atoms. The number of ether oxygens (including phenoxy) is 2. The van der Waals surface area contributed by atoms with E-state index in [2.05, 4.69) is 21.6 Å². The number of methoxy groups -OCH3 is 2. The van der Waals surface area contributed by atoms with Crippen LogP contribution >= 0.6 is 34.4 Å². The summed E-state index contributed by atoms with van der Waals surface area (Å²) in [5, 5.41) is 12.8. The number of aromatic nitrogens is 3. The largest absolute Gasteiger partial charge is 0.497 e. The van der Waals surface area contributed by atoms with Crippen molar-refractivity contribution in [2.24, 2.45) is 0 Å². The van der Waals surface area contributed by atoms with Gasteiger partial charge in [-0.3, -0.25) is 0 Å². The van der Waals surface area contributed by atoms with Gasteiger partial charge in [0.1, 0.15) is 27.2 Å². The Hall–Kier alpha value is -2.42. The Kier molecular flexibility index (Phi) is 6.13. The zero-order valence-electron chi connectivity index (χ0n) is 16.2. The summed E-state index contributed by atoms with van der Waals surface area (Å²) in [6.07, 6.45) is 0. The summed E-state index contributed by atoms with van der Waals surface area (Å²) in [6, 6.07) is 14.0. The van der Waals surface area contributed by atoms with Crippen LogP contribution in [0.5, 0.6) is 11.5 Å². The zero-order valence-corrected chi connectivity index (χ0v) is 18.7. The number of thiophene rings is 1. The molecule has 4 rings (SSSR count). The van der Waals surface area contributed by atoms with Crippen LogP contribution in [-0.4, -0.2) is 29.4 Å². The lowest BCUT2D eigenvalue weighted by atomic mass is 10.2. The highest BCUT2D eigenvalue weighted by Crippen LogP contribution is 2.36. The van der Waals surface area contributed by atoms with Crippen LogP contribution in [0, 0.1) is 6.92 Å². The summed E-state index contributed by atoms with van der Waals surface area (Å²) in [5.41, 5.74) is 2.95. The first kappa shape index (κ1) is 19.9. The van der Waals surface area contributed by atoms with E-state index in [9.17, 15) is 0 Å². The quantitative estimate of drug-likeness (QED) is 0.331. The molecule has 0 amide bonds. The van der Waals surface area contributed by atoms with Crippen LogP contribution in [0.1, 0.15) is 11.3 Å². The van der Waals surface area contributed by atoms with Crippen LogP contribution in [0.25, 0.3) is 20.5 Å². The van der Waals surface area contributed by atoms with Crippen molar-refractivity contribution < 1.29 is 9.47 Å². The lowest BCUT2D eigenvalue weighted by Crippen LogP contribution is -1.92. The SMILES string of the molecule is COc1cc(CSc2ccc(-c3sc(-c4cccs4)nc3C)nn2)cc(OC)c1. The van der Waals surface area contributed by atoms with Gasteiger partial charge in [0.2, 0.25) is 0 Å². The Morgan fingerprint density at radius 3 is 2.41 bits per heavy atom.